The van der Waals surface area contributed by atoms with Gasteiger partial charge in [0.1, 0.15) is 0 Å². The van der Waals surface area contributed by atoms with E-state index in [1.54, 1.807) is 5.57 Å². The fourth-order valence-corrected chi connectivity index (χ4v) is 7.39. The third kappa shape index (κ3) is 2.76. The smallest absolute Gasteiger partial charge is 0.408 e. The van der Waals surface area contributed by atoms with Gasteiger partial charge in [-0.25, -0.2) is 4.79 Å². The molecule has 1 amide bonds. The summed E-state index contributed by atoms with van der Waals surface area (Å²) in [5.41, 5.74) is -0.157. The standard InChI is InChI=1S/C24H33NO4/c1-4-25-21(28)29-24(20(27)15-26)14-11-19-17-9-8-16-7-5-6-12-22(16,2)18(17)10-13-23(19,24)3/h6-7,12,15,17-19H,4-5,8-11,13-14H2,1-3H3,(H,25,28)/t17-,18+,19+,22+,23+,24+/m1/s1. The van der Waals surface area contributed by atoms with Crippen LogP contribution in [0.4, 0.5) is 4.79 Å². The van der Waals surface area contributed by atoms with Crippen molar-refractivity contribution in [2.24, 2.45) is 28.6 Å². The number of allylic oxidation sites excluding steroid dienone is 4. The van der Waals surface area contributed by atoms with Crippen molar-refractivity contribution in [3.05, 3.63) is 23.8 Å². The predicted molar refractivity (Wildman–Crippen MR) is 110 cm³/mol. The average molecular weight is 400 g/mol. The van der Waals surface area contributed by atoms with Gasteiger partial charge in [0.25, 0.3) is 0 Å². The van der Waals surface area contributed by atoms with Crippen molar-refractivity contribution in [2.45, 2.75) is 71.3 Å². The fourth-order valence-electron chi connectivity index (χ4n) is 7.39. The molecule has 4 aliphatic rings. The summed E-state index contributed by atoms with van der Waals surface area (Å²) in [6.07, 6.45) is 13.2. The van der Waals surface area contributed by atoms with Crippen molar-refractivity contribution in [3.8, 4) is 0 Å². The van der Waals surface area contributed by atoms with Crippen molar-refractivity contribution in [1.29, 1.82) is 0 Å². The number of hydrogen-bond donors (Lipinski definition) is 1. The van der Waals surface area contributed by atoms with Gasteiger partial charge in [0.05, 0.1) is 0 Å². The molecule has 5 heteroatoms. The molecule has 0 saturated heterocycles. The maximum absolute atomic E-state index is 12.9. The van der Waals surface area contributed by atoms with Crippen molar-refractivity contribution in [1.82, 2.24) is 5.32 Å². The zero-order valence-electron chi connectivity index (χ0n) is 17.8. The van der Waals surface area contributed by atoms with Gasteiger partial charge in [0.15, 0.2) is 11.9 Å². The van der Waals surface area contributed by atoms with E-state index in [-0.39, 0.29) is 11.3 Å². The second-order valence-electron chi connectivity index (χ2n) is 9.79. The molecule has 0 unspecified atom stereocenters. The summed E-state index contributed by atoms with van der Waals surface area (Å²) in [7, 11) is 0. The Morgan fingerprint density at radius 2 is 1.97 bits per heavy atom. The molecule has 158 valence electrons. The summed E-state index contributed by atoms with van der Waals surface area (Å²) in [6, 6.07) is 0. The lowest BCUT2D eigenvalue weighted by atomic mass is 9.47. The molecule has 0 aromatic carbocycles. The molecular formula is C24H33NO4. The van der Waals surface area contributed by atoms with E-state index in [1.807, 2.05) is 6.92 Å². The second kappa shape index (κ2) is 7.10. The molecule has 0 bridgehead atoms. The molecule has 6 atom stereocenters. The maximum atomic E-state index is 12.9. The van der Waals surface area contributed by atoms with Gasteiger partial charge in [0, 0.05) is 17.4 Å². The third-order valence-corrected chi connectivity index (χ3v) is 8.82. The highest BCUT2D eigenvalue weighted by atomic mass is 16.6. The Balaban J connectivity index is 1.69. The number of aldehydes is 1. The second-order valence-corrected chi connectivity index (χ2v) is 9.79. The zero-order valence-corrected chi connectivity index (χ0v) is 17.8. The Kier molecular flexibility index (Phi) is 4.99. The lowest BCUT2D eigenvalue weighted by Crippen LogP contribution is -2.60. The van der Waals surface area contributed by atoms with E-state index in [4.69, 9.17) is 4.74 Å². The first-order chi connectivity index (χ1) is 13.8. The number of Topliss-reactive ketones (excluding diaryl/α,β-unsaturated/α-hetero) is 1. The van der Waals surface area contributed by atoms with Gasteiger partial charge in [0.2, 0.25) is 5.78 Å². The maximum Gasteiger partial charge on any atom is 0.408 e. The molecule has 0 aromatic rings. The van der Waals surface area contributed by atoms with Crippen LogP contribution >= 0.6 is 0 Å². The SMILES string of the molecule is CCNC(=O)O[C@]1(C(=O)C=O)CC[C@H]2[C@@H]3CCC4=CCC=C[C@]4(C)[C@H]3CC[C@@]21C. The van der Waals surface area contributed by atoms with Crippen LogP contribution < -0.4 is 5.32 Å². The van der Waals surface area contributed by atoms with Gasteiger partial charge in [-0.3, -0.25) is 9.59 Å². The first kappa shape index (κ1) is 20.4. The van der Waals surface area contributed by atoms with Crippen molar-refractivity contribution in [3.63, 3.8) is 0 Å². The molecule has 29 heavy (non-hydrogen) atoms. The van der Waals surface area contributed by atoms with Gasteiger partial charge < -0.3 is 10.1 Å². The van der Waals surface area contributed by atoms with Crippen molar-refractivity contribution < 1.29 is 19.1 Å². The van der Waals surface area contributed by atoms with E-state index < -0.39 is 22.9 Å². The lowest BCUT2D eigenvalue weighted by molar-refractivity contribution is -0.162. The number of carbonyl (C=O) groups excluding carboxylic acids is 3. The Bertz CT molecular complexity index is 786. The number of hydrogen-bond acceptors (Lipinski definition) is 4. The Morgan fingerprint density at radius 1 is 1.21 bits per heavy atom. The highest BCUT2D eigenvalue weighted by molar-refractivity contribution is 6.29. The van der Waals surface area contributed by atoms with Gasteiger partial charge >= 0.3 is 6.09 Å². The Hall–Kier alpha value is -1.91. The van der Waals surface area contributed by atoms with E-state index in [0.717, 1.165) is 38.5 Å². The molecule has 0 aliphatic heterocycles. The minimum absolute atomic E-state index is 0.100. The summed E-state index contributed by atoms with van der Waals surface area (Å²) in [5, 5.41) is 2.64. The predicted octanol–water partition coefficient (Wildman–Crippen LogP) is 4.37. The molecule has 0 spiro atoms. The molecule has 0 heterocycles. The van der Waals surface area contributed by atoms with Crippen molar-refractivity contribution in [2.75, 3.05) is 6.54 Å². The van der Waals surface area contributed by atoms with Gasteiger partial charge in [-0.05, 0) is 69.6 Å². The topological polar surface area (TPSA) is 72.5 Å². The average Bonchev–Trinajstić information content (AvgIpc) is 3.00. The number of alkyl carbamates (subject to hydrolysis) is 1. The largest absolute Gasteiger partial charge is 0.434 e. The summed E-state index contributed by atoms with van der Waals surface area (Å²) in [6.45, 7) is 6.70. The van der Waals surface area contributed by atoms with Crippen LogP contribution in [0.2, 0.25) is 0 Å². The van der Waals surface area contributed by atoms with E-state index in [9.17, 15) is 14.4 Å². The minimum Gasteiger partial charge on any atom is -0.434 e. The van der Waals surface area contributed by atoms with E-state index in [1.165, 1.54) is 0 Å². The van der Waals surface area contributed by atoms with Crippen LogP contribution in [0.5, 0.6) is 0 Å². The summed E-state index contributed by atoms with van der Waals surface area (Å²) < 4.78 is 5.82. The number of ether oxygens (including phenoxy) is 1. The Morgan fingerprint density at radius 3 is 2.69 bits per heavy atom. The van der Waals surface area contributed by atoms with Gasteiger partial charge in [-0.1, -0.05) is 37.6 Å². The monoisotopic (exact) mass is 399 g/mol. The minimum atomic E-state index is -1.33. The first-order valence-electron chi connectivity index (χ1n) is 11.2. The van der Waals surface area contributed by atoms with Crippen LogP contribution in [-0.2, 0) is 14.3 Å². The first-order valence-corrected chi connectivity index (χ1v) is 11.2. The molecule has 5 nitrogen and oxygen atoms in total. The quantitative estimate of drug-likeness (QED) is 0.433. The number of nitrogens with one attached hydrogen (secondary N) is 1. The number of fused-ring (bicyclic) bond motifs is 5. The van der Waals surface area contributed by atoms with Crippen LogP contribution in [0.1, 0.15) is 65.7 Å². The van der Waals surface area contributed by atoms with E-state index in [0.29, 0.717) is 31.1 Å². The van der Waals surface area contributed by atoms with E-state index in [2.05, 4.69) is 37.4 Å². The third-order valence-electron chi connectivity index (χ3n) is 8.82. The number of carbonyl (C=O) groups is 3. The van der Waals surface area contributed by atoms with E-state index >= 15 is 0 Å². The Labute approximate surface area is 173 Å². The normalized spacial score (nSPS) is 42.7. The molecule has 0 radical (unpaired) electrons. The van der Waals surface area contributed by atoms with Crippen LogP contribution in [0, 0.1) is 28.6 Å². The highest BCUT2D eigenvalue weighted by Crippen LogP contribution is 2.67. The molecule has 4 rings (SSSR count). The van der Waals surface area contributed by atoms with Gasteiger partial charge in [-0.15, -0.1) is 0 Å². The van der Waals surface area contributed by atoms with Crippen LogP contribution in [0.3, 0.4) is 0 Å². The lowest BCUT2D eigenvalue weighted by Gasteiger charge is -2.58. The number of ketones is 1. The van der Waals surface area contributed by atoms with Gasteiger partial charge in [-0.2, -0.15) is 0 Å². The fraction of sp³-hybridized carbons (Fsp3) is 0.708. The zero-order chi connectivity index (χ0) is 20.9. The van der Waals surface area contributed by atoms with Crippen LogP contribution in [0.15, 0.2) is 23.8 Å². The summed E-state index contributed by atoms with van der Waals surface area (Å²) >= 11 is 0. The number of rotatable bonds is 4. The number of amides is 1. The summed E-state index contributed by atoms with van der Waals surface area (Å²) in [4.78, 5) is 36.8. The van der Waals surface area contributed by atoms with Crippen molar-refractivity contribution >= 4 is 18.2 Å². The molecule has 1 N–H and O–H groups in total. The molecule has 3 saturated carbocycles. The highest BCUT2D eigenvalue weighted by Gasteiger charge is 2.68. The van der Waals surface area contributed by atoms with Crippen LogP contribution in [-0.4, -0.2) is 30.3 Å². The molecule has 4 aliphatic carbocycles. The summed E-state index contributed by atoms with van der Waals surface area (Å²) in [5.74, 6) is 0.738. The molecular weight excluding hydrogens is 366 g/mol. The molecule has 0 aromatic heterocycles. The van der Waals surface area contributed by atoms with Crippen LogP contribution in [0.25, 0.3) is 0 Å². The molecule has 3 fully saturated rings.